The molecular weight excluding hydrogens is 283 g/mol. The quantitative estimate of drug-likeness (QED) is 0.703. The maximum atomic E-state index is 13.6. The maximum absolute atomic E-state index is 13.6. The maximum Gasteiger partial charge on any atom is 0.265 e. The topological polar surface area (TPSA) is 55.1 Å². The molecular formula is C13H9FN2OS2. The van der Waals surface area contributed by atoms with Gasteiger partial charge in [-0.1, -0.05) is 0 Å². The lowest BCUT2D eigenvalue weighted by molar-refractivity contribution is 0.103. The molecule has 3 aromatic rings. The predicted octanol–water partition coefficient (Wildman–Crippen LogP) is 3.94. The molecule has 6 heteroatoms. The van der Waals surface area contributed by atoms with Crippen LogP contribution in [0, 0.1) is 5.82 Å². The van der Waals surface area contributed by atoms with Crippen LogP contribution in [0.1, 0.15) is 9.67 Å². The molecule has 2 aromatic heterocycles. The number of anilines is 2. The molecule has 0 saturated carbocycles. The van der Waals surface area contributed by atoms with Crippen LogP contribution in [0.2, 0.25) is 0 Å². The molecule has 2 heterocycles. The summed E-state index contributed by atoms with van der Waals surface area (Å²) in [6, 6.07) is 7.97. The average molecular weight is 292 g/mol. The molecule has 0 saturated heterocycles. The summed E-state index contributed by atoms with van der Waals surface area (Å²) in [5.41, 5.74) is 5.92. The third-order valence-electron chi connectivity index (χ3n) is 2.60. The van der Waals surface area contributed by atoms with Gasteiger partial charge in [0.05, 0.1) is 10.6 Å². The van der Waals surface area contributed by atoms with Crippen molar-refractivity contribution in [2.75, 3.05) is 11.1 Å². The smallest absolute Gasteiger partial charge is 0.265 e. The Morgan fingerprint density at radius 3 is 2.79 bits per heavy atom. The van der Waals surface area contributed by atoms with E-state index in [0.717, 1.165) is 9.40 Å². The van der Waals surface area contributed by atoms with Crippen molar-refractivity contribution in [3.63, 3.8) is 0 Å². The molecule has 0 aliphatic rings. The Labute approximate surface area is 116 Å². The van der Waals surface area contributed by atoms with Gasteiger partial charge in [0.2, 0.25) is 0 Å². The van der Waals surface area contributed by atoms with Crippen LogP contribution in [0.15, 0.2) is 35.7 Å². The van der Waals surface area contributed by atoms with Crippen molar-refractivity contribution < 1.29 is 9.18 Å². The number of amides is 1. The molecule has 0 spiro atoms. The predicted molar refractivity (Wildman–Crippen MR) is 78.5 cm³/mol. The van der Waals surface area contributed by atoms with Gasteiger partial charge < -0.3 is 11.1 Å². The molecule has 0 aliphatic carbocycles. The van der Waals surface area contributed by atoms with E-state index in [4.69, 9.17) is 5.73 Å². The van der Waals surface area contributed by atoms with Gasteiger partial charge in [-0.05, 0) is 35.7 Å². The third kappa shape index (κ3) is 2.32. The van der Waals surface area contributed by atoms with E-state index in [1.165, 1.54) is 23.5 Å². The van der Waals surface area contributed by atoms with Crippen LogP contribution >= 0.6 is 22.7 Å². The lowest BCUT2D eigenvalue weighted by Crippen LogP contribution is -2.11. The lowest BCUT2D eigenvalue weighted by atomic mass is 10.2. The summed E-state index contributed by atoms with van der Waals surface area (Å²) in [6.07, 6.45) is 0. The SMILES string of the molecule is Nc1ccc(NC(=O)c2cc3sccc3s2)c(F)c1. The van der Waals surface area contributed by atoms with Crippen molar-refractivity contribution in [3.8, 4) is 0 Å². The Bertz CT molecular complexity index is 734. The largest absolute Gasteiger partial charge is 0.399 e. The number of rotatable bonds is 2. The molecule has 0 bridgehead atoms. The molecule has 0 radical (unpaired) electrons. The highest BCUT2D eigenvalue weighted by molar-refractivity contribution is 7.27. The summed E-state index contributed by atoms with van der Waals surface area (Å²) in [5.74, 6) is -0.844. The summed E-state index contributed by atoms with van der Waals surface area (Å²) >= 11 is 2.97. The van der Waals surface area contributed by atoms with Gasteiger partial charge in [0, 0.05) is 15.1 Å². The van der Waals surface area contributed by atoms with Crippen LogP contribution in [-0.4, -0.2) is 5.91 Å². The fourth-order valence-electron chi connectivity index (χ4n) is 1.69. The Morgan fingerprint density at radius 1 is 1.21 bits per heavy atom. The lowest BCUT2D eigenvalue weighted by Gasteiger charge is -2.05. The Hall–Kier alpha value is -1.92. The summed E-state index contributed by atoms with van der Waals surface area (Å²) in [7, 11) is 0. The van der Waals surface area contributed by atoms with Gasteiger partial charge in [0.1, 0.15) is 5.82 Å². The fraction of sp³-hybridized carbons (Fsp3) is 0. The summed E-state index contributed by atoms with van der Waals surface area (Å²) < 4.78 is 15.7. The first-order valence-electron chi connectivity index (χ1n) is 5.47. The molecule has 1 amide bonds. The zero-order chi connectivity index (χ0) is 13.4. The van der Waals surface area contributed by atoms with Gasteiger partial charge in [0.25, 0.3) is 5.91 Å². The molecule has 0 aliphatic heterocycles. The summed E-state index contributed by atoms with van der Waals surface area (Å²) in [4.78, 5) is 12.6. The zero-order valence-electron chi connectivity index (χ0n) is 9.64. The van der Waals surface area contributed by atoms with Gasteiger partial charge in [-0.15, -0.1) is 22.7 Å². The number of benzene rings is 1. The van der Waals surface area contributed by atoms with E-state index >= 15 is 0 Å². The molecule has 0 unspecified atom stereocenters. The number of hydrogen-bond donors (Lipinski definition) is 2. The van der Waals surface area contributed by atoms with Gasteiger partial charge in [-0.2, -0.15) is 0 Å². The monoisotopic (exact) mass is 292 g/mol. The fourth-order valence-corrected chi connectivity index (χ4v) is 3.70. The van der Waals surface area contributed by atoms with Gasteiger partial charge in [-0.25, -0.2) is 4.39 Å². The highest BCUT2D eigenvalue weighted by atomic mass is 32.1. The van der Waals surface area contributed by atoms with Crippen molar-refractivity contribution in [1.29, 1.82) is 0 Å². The molecule has 3 nitrogen and oxygen atoms in total. The second kappa shape index (κ2) is 4.64. The van der Waals surface area contributed by atoms with Crippen molar-refractivity contribution in [2.45, 2.75) is 0 Å². The normalized spacial score (nSPS) is 10.8. The zero-order valence-corrected chi connectivity index (χ0v) is 11.3. The number of nitrogens with one attached hydrogen (secondary N) is 1. The number of thiophene rings is 2. The first-order valence-corrected chi connectivity index (χ1v) is 7.16. The van der Waals surface area contributed by atoms with Crippen molar-refractivity contribution in [2.24, 2.45) is 0 Å². The molecule has 0 atom stereocenters. The van der Waals surface area contributed by atoms with Crippen molar-refractivity contribution in [3.05, 3.63) is 46.4 Å². The van der Waals surface area contributed by atoms with Crippen molar-refractivity contribution >= 4 is 49.4 Å². The molecule has 3 rings (SSSR count). The number of fused-ring (bicyclic) bond motifs is 1. The van der Waals surface area contributed by atoms with Crippen LogP contribution in [0.5, 0.6) is 0 Å². The minimum absolute atomic E-state index is 0.135. The van der Waals surface area contributed by atoms with E-state index in [1.807, 2.05) is 17.5 Å². The van der Waals surface area contributed by atoms with Gasteiger partial charge in [0.15, 0.2) is 0 Å². The molecule has 0 fully saturated rings. The van der Waals surface area contributed by atoms with Crippen LogP contribution in [0.3, 0.4) is 0 Å². The van der Waals surface area contributed by atoms with Crippen LogP contribution in [0.25, 0.3) is 9.40 Å². The molecule has 1 aromatic carbocycles. The molecule has 19 heavy (non-hydrogen) atoms. The Morgan fingerprint density at radius 2 is 2.05 bits per heavy atom. The van der Waals surface area contributed by atoms with E-state index in [1.54, 1.807) is 17.4 Å². The highest BCUT2D eigenvalue weighted by Crippen LogP contribution is 2.30. The van der Waals surface area contributed by atoms with Crippen molar-refractivity contribution in [1.82, 2.24) is 0 Å². The Balaban J connectivity index is 1.86. The number of nitrogens with two attached hydrogens (primary N) is 1. The van der Waals surface area contributed by atoms with Crippen LogP contribution in [-0.2, 0) is 0 Å². The van der Waals surface area contributed by atoms with Gasteiger partial charge >= 0.3 is 0 Å². The second-order valence-electron chi connectivity index (χ2n) is 3.95. The average Bonchev–Trinajstić information content (AvgIpc) is 2.93. The Kier molecular flexibility index (Phi) is 2.96. The van der Waals surface area contributed by atoms with Gasteiger partial charge in [-0.3, -0.25) is 4.79 Å². The number of halogens is 1. The van der Waals surface area contributed by atoms with Crippen LogP contribution < -0.4 is 11.1 Å². The number of carbonyl (C=O) groups excluding carboxylic acids is 1. The highest BCUT2D eigenvalue weighted by Gasteiger charge is 2.13. The molecule has 3 N–H and O–H groups in total. The minimum atomic E-state index is -0.535. The van der Waals surface area contributed by atoms with Crippen LogP contribution in [0.4, 0.5) is 15.8 Å². The van der Waals surface area contributed by atoms with E-state index < -0.39 is 5.82 Å². The van der Waals surface area contributed by atoms with E-state index in [9.17, 15) is 9.18 Å². The first-order chi connectivity index (χ1) is 9.13. The number of carbonyl (C=O) groups is 1. The van der Waals surface area contributed by atoms with E-state index in [-0.39, 0.29) is 11.6 Å². The summed E-state index contributed by atoms with van der Waals surface area (Å²) in [6.45, 7) is 0. The van der Waals surface area contributed by atoms with E-state index in [2.05, 4.69) is 5.32 Å². The second-order valence-corrected chi connectivity index (χ2v) is 5.98. The number of nitrogen functional groups attached to an aromatic ring is 1. The first kappa shape index (κ1) is 12.1. The van der Waals surface area contributed by atoms with E-state index in [0.29, 0.717) is 10.6 Å². The summed E-state index contributed by atoms with van der Waals surface area (Å²) in [5, 5.41) is 4.52. The standard InChI is InChI=1S/C13H9FN2OS2/c14-8-5-7(15)1-2-9(8)16-13(17)12-6-11-10(19-12)3-4-18-11/h1-6H,15H2,(H,16,17). The third-order valence-corrected chi connectivity index (χ3v) is 4.70. The molecule has 96 valence electrons. The minimum Gasteiger partial charge on any atom is -0.399 e. The number of hydrogen-bond acceptors (Lipinski definition) is 4.